The monoisotopic (exact) mass is 326 g/mol. The third-order valence-corrected chi connectivity index (χ3v) is 4.47. The molecule has 7 heteroatoms. The number of nitrogens with zero attached hydrogens (tertiary/aromatic N) is 5. The third-order valence-electron chi connectivity index (χ3n) is 4.47. The Morgan fingerprint density at radius 3 is 2.79 bits per heavy atom. The molecule has 126 valence electrons. The molecule has 1 N–H and O–H groups in total. The Morgan fingerprint density at radius 1 is 1.29 bits per heavy atom. The van der Waals surface area contributed by atoms with Crippen molar-refractivity contribution in [2.45, 2.75) is 39.2 Å². The zero-order valence-corrected chi connectivity index (χ0v) is 14.5. The van der Waals surface area contributed by atoms with Gasteiger partial charge in [-0.15, -0.1) is 0 Å². The Morgan fingerprint density at radius 2 is 2.08 bits per heavy atom. The fraction of sp³-hybridized carbons (Fsp3) is 0.471. The van der Waals surface area contributed by atoms with Crippen LogP contribution in [-0.4, -0.2) is 39.4 Å². The summed E-state index contributed by atoms with van der Waals surface area (Å²) in [4.78, 5) is 32.1. The molecule has 2 aromatic rings. The van der Waals surface area contributed by atoms with Crippen LogP contribution in [0, 0.1) is 13.8 Å². The molecular formula is C17H22N6O. The van der Waals surface area contributed by atoms with E-state index >= 15 is 0 Å². The predicted octanol–water partition coefficient (Wildman–Crippen LogP) is 1.76. The molecule has 7 nitrogen and oxygen atoms in total. The van der Waals surface area contributed by atoms with Crippen molar-refractivity contribution >= 4 is 11.7 Å². The SMILES string of the molecule is CNC(=O)c1cc(C)nc([C@]2(C)CCCN2c2ccnc(C)n2)n1. The van der Waals surface area contributed by atoms with Gasteiger partial charge in [-0.1, -0.05) is 0 Å². The first-order valence-corrected chi connectivity index (χ1v) is 8.09. The standard InChI is InChI=1S/C17H22N6O/c1-11-10-13(15(24)18-4)22-16(20-11)17(3)7-5-9-23(17)14-6-8-19-12(2)21-14/h6,8,10H,5,7,9H2,1-4H3,(H,18,24)/t17-/m0/s1. The van der Waals surface area contributed by atoms with E-state index in [1.165, 1.54) is 0 Å². The number of hydrogen-bond acceptors (Lipinski definition) is 6. The molecule has 1 saturated heterocycles. The van der Waals surface area contributed by atoms with Gasteiger partial charge in [-0.05, 0) is 45.7 Å². The van der Waals surface area contributed by atoms with E-state index in [0.29, 0.717) is 11.5 Å². The van der Waals surface area contributed by atoms with E-state index in [9.17, 15) is 4.79 Å². The number of carbonyl (C=O) groups is 1. The molecule has 3 rings (SSSR count). The highest BCUT2D eigenvalue weighted by molar-refractivity contribution is 5.92. The Balaban J connectivity index is 2.06. The normalized spacial score (nSPS) is 20.2. The van der Waals surface area contributed by atoms with Crippen molar-refractivity contribution in [2.75, 3.05) is 18.5 Å². The van der Waals surface area contributed by atoms with Crippen molar-refractivity contribution in [2.24, 2.45) is 0 Å². The van der Waals surface area contributed by atoms with Gasteiger partial charge in [0, 0.05) is 25.5 Å². The summed E-state index contributed by atoms with van der Waals surface area (Å²) >= 11 is 0. The van der Waals surface area contributed by atoms with Gasteiger partial charge in [0.05, 0.1) is 5.54 Å². The van der Waals surface area contributed by atoms with Gasteiger partial charge in [-0.25, -0.2) is 19.9 Å². The lowest BCUT2D eigenvalue weighted by Gasteiger charge is -2.35. The summed E-state index contributed by atoms with van der Waals surface area (Å²) in [5.74, 6) is 2.06. The molecule has 1 amide bonds. The molecule has 3 heterocycles. The minimum absolute atomic E-state index is 0.201. The first-order valence-electron chi connectivity index (χ1n) is 8.09. The number of carbonyl (C=O) groups excluding carboxylic acids is 1. The summed E-state index contributed by atoms with van der Waals surface area (Å²) < 4.78 is 0. The van der Waals surface area contributed by atoms with Gasteiger partial charge in [-0.2, -0.15) is 0 Å². The van der Waals surface area contributed by atoms with Gasteiger partial charge in [-0.3, -0.25) is 4.79 Å². The number of rotatable bonds is 3. The average Bonchev–Trinajstić information content (AvgIpc) is 2.96. The Bertz CT molecular complexity index is 777. The minimum Gasteiger partial charge on any atom is -0.354 e. The van der Waals surface area contributed by atoms with E-state index in [1.54, 1.807) is 19.3 Å². The van der Waals surface area contributed by atoms with Gasteiger partial charge in [0.15, 0.2) is 5.82 Å². The van der Waals surface area contributed by atoms with Crippen LogP contribution >= 0.6 is 0 Å². The Labute approximate surface area is 141 Å². The van der Waals surface area contributed by atoms with Crippen LogP contribution in [0.1, 0.15) is 47.6 Å². The number of amides is 1. The van der Waals surface area contributed by atoms with Gasteiger partial charge >= 0.3 is 0 Å². The molecule has 0 bridgehead atoms. The number of anilines is 1. The molecule has 24 heavy (non-hydrogen) atoms. The summed E-state index contributed by atoms with van der Waals surface area (Å²) in [7, 11) is 1.60. The van der Waals surface area contributed by atoms with Crippen LogP contribution in [0.4, 0.5) is 5.82 Å². The molecule has 0 radical (unpaired) electrons. The molecule has 0 spiro atoms. The van der Waals surface area contributed by atoms with Gasteiger partial charge in [0.2, 0.25) is 0 Å². The van der Waals surface area contributed by atoms with Crippen molar-refractivity contribution < 1.29 is 4.79 Å². The first-order chi connectivity index (χ1) is 11.4. The summed E-state index contributed by atoms with van der Waals surface area (Å²) in [6, 6.07) is 3.62. The lowest BCUT2D eigenvalue weighted by Crippen LogP contribution is -2.41. The molecule has 1 atom stereocenters. The smallest absolute Gasteiger partial charge is 0.269 e. The van der Waals surface area contributed by atoms with Crippen molar-refractivity contribution in [3.05, 3.63) is 41.4 Å². The Hall–Kier alpha value is -2.57. The highest BCUT2D eigenvalue weighted by atomic mass is 16.1. The number of aromatic nitrogens is 4. The second kappa shape index (κ2) is 6.14. The maximum absolute atomic E-state index is 12.0. The summed E-state index contributed by atoms with van der Waals surface area (Å²) in [5, 5.41) is 2.63. The molecule has 0 aromatic carbocycles. The maximum atomic E-state index is 12.0. The molecule has 2 aromatic heterocycles. The van der Waals surface area contributed by atoms with E-state index < -0.39 is 5.54 Å². The molecule has 0 aliphatic carbocycles. The fourth-order valence-electron chi connectivity index (χ4n) is 3.21. The minimum atomic E-state index is -0.393. The summed E-state index contributed by atoms with van der Waals surface area (Å²) in [6.07, 6.45) is 3.70. The second-order valence-electron chi connectivity index (χ2n) is 6.29. The number of aryl methyl sites for hydroxylation is 2. The van der Waals surface area contributed by atoms with Crippen LogP contribution in [0.5, 0.6) is 0 Å². The lowest BCUT2D eigenvalue weighted by molar-refractivity contribution is 0.0957. The molecule has 1 aliphatic rings. The van der Waals surface area contributed by atoms with E-state index in [4.69, 9.17) is 0 Å². The topological polar surface area (TPSA) is 83.9 Å². The molecule has 1 fully saturated rings. The lowest BCUT2D eigenvalue weighted by atomic mass is 9.97. The van der Waals surface area contributed by atoms with Crippen LogP contribution < -0.4 is 10.2 Å². The average molecular weight is 326 g/mol. The van der Waals surface area contributed by atoms with E-state index in [-0.39, 0.29) is 5.91 Å². The fourth-order valence-corrected chi connectivity index (χ4v) is 3.21. The quantitative estimate of drug-likeness (QED) is 0.925. The number of hydrogen-bond donors (Lipinski definition) is 1. The van der Waals surface area contributed by atoms with Gasteiger partial charge in [0.25, 0.3) is 5.91 Å². The summed E-state index contributed by atoms with van der Waals surface area (Å²) in [5.41, 5.74) is 0.785. The van der Waals surface area contributed by atoms with Gasteiger partial charge < -0.3 is 10.2 Å². The zero-order valence-electron chi connectivity index (χ0n) is 14.5. The van der Waals surface area contributed by atoms with Crippen molar-refractivity contribution in [3.8, 4) is 0 Å². The van der Waals surface area contributed by atoms with Crippen molar-refractivity contribution in [1.29, 1.82) is 0 Å². The molecular weight excluding hydrogens is 304 g/mol. The maximum Gasteiger partial charge on any atom is 0.269 e. The molecule has 1 aliphatic heterocycles. The Kier molecular flexibility index (Phi) is 4.17. The van der Waals surface area contributed by atoms with Crippen LogP contribution in [0.25, 0.3) is 0 Å². The highest BCUT2D eigenvalue weighted by Crippen LogP contribution is 2.39. The van der Waals surface area contributed by atoms with Crippen LogP contribution in [-0.2, 0) is 5.54 Å². The summed E-state index contributed by atoms with van der Waals surface area (Å²) in [6.45, 7) is 6.75. The van der Waals surface area contributed by atoms with Crippen molar-refractivity contribution in [3.63, 3.8) is 0 Å². The number of nitrogens with one attached hydrogen (secondary N) is 1. The molecule has 0 saturated carbocycles. The zero-order chi connectivity index (χ0) is 17.3. The predicted molar refractivity (Wildman–Crippen MR) is 90.9 cm³/mol. The van der Waals surface area contributed by atoms with Crippen LogP contribution in [0.15, 0.2) is 18.3 Å². The van der Waals surface area contributed by atoms with Crippen LogP contribution in [0.2, 0.25) is 0 Å². The molecule has 0 unspecified atom stereocenters. The highest BCUT2D eigenvalue weighted by Gasteiger charge is 2.42. The largest absolute Gasteiger partial charge is 0.354 e. The van der Waals surface area contributed by atoms with Gasteiger partial charge in [0.1, 0.15) is 17.3 Å². The first kappa shape index (κ1) is 16.3. The van der Waals surface area contributed by atoms with E-state index in [1.807, 2.05) is 19.9 Å². The van der Waals surface area contributed by atoms with Crippen molar-refractivity contribution in [1.82, 2.24) is 25.3 Å². The van der Waals surface area contributed by atoms with E-state index in [2.05, 4.69) is 37.1 Å². The second-order valence-corrected chi connectivity index (χ2v) is 6.29. The van der Waals surface area contributed by atoms with Crippen LogP contribution in [0.3, 0.4) is 0 Å². The van der Waals surface area contributed by atoms with E-state index in [0.717, 1.165) is 36.7 Å². The third kappa shape index (κ3) is 2.81.